The molecule has 2 heterocycles. The molecule has 3 nitrogen and oxygen atoms in total. The van der Waals surface area contributed by atoms with Crippen molar-refractivity contribution < 1.29 is 0 Å². The van der Waals surface area contributed by atoms with Crippen LogP contribution in [0.15, 0.2) is 42.7 Å². The minimum atomic E-state index is 0.957. The van der Waals surface area contributed by atoms with E-state index >= 15 is 0 Å². The largest absolute Gasteiger partial charge is 0.327 e. The highest BCUT2D eigenvalue weighted by molar-refractivity contribution is 5.81. The standard InChI is InChI=1S/C14H13N3/c1-10-5-6-12-13(8-10)17(2)14(16-12)11-4-3-7-15-9-11/h3-9H,1-2H3. The molecule has 84 valence electrons. The van der Waals surface area contributed by atoms with Crippen LogP contribution in [0.25, 0.3) is 22.4 Å². The number of aromatic nitrogens is 3. The Morgan fingerprint density at radius 2 is 2.06 bits per heavy atom. The summed E-state index contributed by atoms with van der Waals surface area (Å²) < 4.78 is 2.11. The Morgan fingerprint density at radius 3 is 2.82 bits per heavy atom. The number of benzene rings is 1. The molecular formula is C14H13N3. The van der Waals surface area contributed by atoms with Crippen LogP contribution in [-0.2, 0) is 7.05 Å². The Balaban J connectivity index is 2.28. The van der Waals surface area contributed by atoms with Gasteiger partial charge in [0.2, 0.25) is 0 Å². The summed E-state index contributed by atoms with van der Waals surface area (Å²) in [6, 6.07) is 10.3. The quantitative estimate of drug-likeness (QED) is 0.635. The van der Waals surface area contributed by atoms with Crippen molar-refractivity contribution >= 4 is 11.0 Å². The summed E-state index contributed by atoms with van der Waals surface area (Å²) in [6.45, 7) is 2.09. The molecule has 0 saturated heterocycles. The number of rotatable bonds is 1. The molecule has 0 amide bonds. The molecule has 0 aliphatic carbocycles. The van der Waals surface area contributed by atoms with E-state index in [0.29, 0.717) is 0 Å². The zero-order valence-corrected chi connectivity index (χ0v) is 9.88. The Bertz CT molecular complexity index is 669. The van der Waals surface area contributed by atoms with E-state index in [4.69, 9.17) is 0 Å². The van der Waals surface area contributed by atoms with Crippen molar-refractivity contribution in [2.45, 2.75) is 6.92 Å². The number of fused-ring (bicyclic) bond motifs is 1. The van der Waals surface area contributed by atoms with E-state index in [2.05, 4.69) is 39.7 Å². The maximum absolute atomic E-state index is 4.65. The third-order valence-corrected chi connectivity index (χ3v) is 2.96. The predicted molar refractivity (Wildman–Crippen MR) is 68.7 cm³/mol. The zero-order chi connectivity index (χ0) is 11.8. The van der Waals surface area contributed by atoms with Crippen LogP contribution >= 0.6 is 0 Å². The van der Waals surface area contributed by atoms with Crippen LogP contribution in [0.5, 0.6) is 0 Å². The first-order chi connectivity index (χ1) is 8.25. The van der Waals surface area contributed by atoms with Gasteiger partial charge in [0.15, 0.2) is 0 Å². The van der Waals surface area contributed by atoms with Gasteiger partial charge in [-0.2, -0.15) is 0 Å². The number of aryl methyl sites for hydroxylation is 2. The molecule has 0 fully saturated rings. The van der Waals surface area contributed by atoms with Crippen molar-refractivity contribution in [1.29, 1.82) is 0 Å². The highest BCUT2D eigenvalue weighted by Gasteiger charge is 2.09. The molecule has 0 aliphatic heterocycles. The molecule has 0 unspecified atom stereocenters. The van der Waals surface area contributed by atoms with Crippen LogP contribution in [0.3, 0.4) is 0 Å². The monoisotopic (exact) mass is 223 g/mol. The van der Waals surface area contributed by atoms with Crippen LogP contribution in [0.4, 0.5) is 0 Å². The first-order valence-corrected chi connectivity index (χ1v) is 5.59. The van der Waals surface area contributed by atoms with E-state index in [1.54, 1.807) is 6.20 Å². The first-order valence-electron chi connectivity index (χ1n) is 5.59. The number of hydrogen-bond donors (Lipinski definition) is 0. The average molecular weight is 223 g/mol. The van der Waals surface area contributed by atoms with Crippen LogP contribution in [-0.4, -0.2) is 14.5 Å². The molecule has 0 bridgehead atoms. The first kappa shape index (κ1) is 10.0. The van der Waals surface area contributed by atoms with E-state index in [9.17, 15) is 0 Å². The Kier molecular flexibility index (Phi) is 2.18. The van der Waals surface area contributed by atoms with Gasteiger partial charge in [-0.05, 0) is 36.8 Å². The third kappa shape index (κ3) is 1.60. The molecule has 0 atom stereocenters. The third-order valence-electron chi connectivity index (χ3n) is 2.96. The normalized spacial score (nSPS) is 10.9. The van der Waals surface area contributed by atoms with Crippen molar-refractivity contribution in [1.82, 2.24) is 14.5 Å². The molecule has 17 heavy (non-hydrogen) atoms. The van der Waals surface area contributed by atoms with Crippen molar-refractivity contribution in [2.75, 3.05) is 0 Å². The van der Waals surface area contributed by atoms with Gasteiger partial charge in [0, 0.05) is 25.0 Å². The van der Waals surface area contributed by atoms with Crippen LogP contribution in [0.2, 0.25) is 0 Å². The average Bonchev–Trinajstić information content (AvgIpc) is 2.68. The SMILES string of the molecule is Cc1ccc2nc(-c3cccnc3)n(C)c2c1. The Hall–Kier alpha value is -2.16. The summed E-state index contributed by atoms with van der Waals surface area (Å²) in [4.78, 5) is 8.78. The zero-order valence-electron chi connectivity index (χ0n) is 9.88. The number of hydrogen-bond acceptors (Lipinski definition) is 2. The number of nitrogens with zero attached hydrogens (tertiary/aromatic N) is 3. The maximum atomic E-state index is 4.65. The van der Waals surface area contributed by atoms with Crippen LogP contribution in [0.1, 0.15) is 5.56 Å². The fraction of sp³-hybridized carbons (Fsp3) is 0.143. The molecule has 0 radical (unpaired) electrons. The van der Waals surface area contributed by atoms with Crippen molar-refractivity contribution in [3.63, 3.8) is 0 Å². The second-order valence-electron chi connectivity index (χ2n) is 4.23. The molecule has 2 aromatic heterocycles. The fourth-order valence-electron chi connectivity index (χ4n) is 2.05. The summed E-state index contributed by atoms with van der Waals surface area (Å²) in [5.41, 5.74) is 4.47. The molecule has 3 aromatic rings. The van der Waals surface area contributed by atoms with Gasteiger partial charge in [-0.25, -0.2) is 4.98 Å². The van der Waals surface area contributed by atoms with Gasteiger partial charge in [0.05, 0.1) is 11.0 Å². The molecule has 0 spiro atoms. The lowest BCUT2D eigenvalue weighted by Crippen LogP contribution is -1.92. The summed E-state index contributed by atoms with van der Waals surface area (Å²) in [7, 11) is 2.04. The van der Waals surface area contributed by atoms with E-state index in [1.165, 1.54) is 5.56 Å². The minimum Gasteiger partial charge on any atom is -0.327 e. The van der Waals surface area contributed by atoms with Gasteiger partial charge in [0.1, 0.15) is 5.82 Å². The molecular weight excluding hydrogens is 210 g/mol. The second kappa shape index (κ2) is 3.70. The van der Waals surface area contributed by atoms with Gasteiger partial charge >= 0.3 is 0 Å². The number of imidazole rings is 1. The van der Waals surface area contributed by atoms with Gasteiger partial charge in [-0.1, -0.05) is 6.07 Å². The van der Waals surface area contributed by atoms with Crippen LogP contribution < -0.4 is 0 Å². The molecule has 0 aliphatic rings. The Morgan fingerprint density at radius 1 is 1.18 bits per heavy atom. The van der Waals surface area contributed by atoms with Crippen molar-refractivity contribution in [2.24, 2.45) is 7.05 Å². The lowest BCUT2D eigenvalue weighted by Gasteiger charge is -2.01. The Labute approximate surface area is 99.8 Å². The van der Waals surface area contributed by atoms with E-state index in [1.807, 2.05) is 25.4 Å². The summed E-state index contributed by atoms with van der Waals surface area (Å²) in [5.74, 6) is 0.957. The fourth-order valence-corrected chi connectivity index (χ4v) is 2.05. The molecule has 3 rings (SSSR count). The summed E-state index contributed by atoms with van der Waals surface area (Å²) >= 11 is 0. The topological polar surface area (TPSA) is 30.7 Å². The minimum absolute atomic E-state index is 0.957. The molecule has 1 aromatic carbocycles. The molecule has 3 heteroatoms. The highest BCUT2D eigenvalue weighted by Crippen LogP contribution is 2.23. The van der Waals surface area contributed by atoms with E-state index in [-0.39, 0.29) is 0 Å². The second-order valence-corrected chi connectivity index (χ2v) is 4.23. The van der Waals surface area contributed by atoms with Gasteiger partial charge < -0.3 is 4.57 Å². The maximum Gasteiger partial charge on any atom is 0.142 e. The summed E-state index contributed by atoms with van der Waals surface area (Å²) in [5, 5.41) is 0. The van der Waals surface area contributed by atoms with Crippen molar-refractivity contribution in [3.05, 3.63) is 48.3 Å². The summed E-state index contributed by atoms with van der Waals surface area (Å²) in [6.07, 6.45) is 3.62. The van der Waals surface area contributed by atoms with E-state index in [0.717, 1.165) is 22.4 Å². The van der Waals surface area contributed by atoms with Gasteiger partial charge in [-0.3, -0.25) is 4.98 Å². The molecule has 0 saturated carbocycles. The van der Waals surface area contributed by atoms with Gasteiger partial charge in [0.25, 0.3) is 0 Å². The number of pyridine rings is 1. The molecule has 0 N–H and O–H groups in total. The predicted octanol–water partition coefficient (Wildman–Crippen LogP) is 2.94. The smallest absolute Gasteiger partial charge is 0.142 e. The van der Waals surface area contributed by atoms with Gasteiger partial charge in [-0.15, -0.1) is 0 Å². The van der Waals surface area contributed by atoms with Crippen molar-refractivity contribution in [3.8, 4) is 11.4 Å². The van der Waals surface area contributed by atoms with Crippen LogP contribution in [0, 0.1) is 6.92 Å². The lowest BCUT2D eigenvalue weighted by atomic mass is 10.2. The lowest BCUT2D eigenvalue weighted by molar-refractivity contribution is 0.957. The highest BCUT2D eigenvalue weighted by atomic mass is 15.1. The van der Waals surface area contributed by atoms with E-state index < -0.39 is 0 Å².